The van der Waals surface area contributed by atoms with Gasteiger partial charge in [0.1, 0.15) is 5.82 Å². The molecule has 2 amide bonds. The largest absolute Gasteiger partial charge is 0.379 e. The molecule has 1 aromatic carbocycles. The van der Waals surface area contributed by atoms with Gasteiger partial charge in [0.2, 0.25) is 0 Å². The summed E-state index contributed by atoms with van der Waals surface area (Å²) < 4.78 is 19.1. The average molecular weight is 424 g/mol. The molecule has 0 spiro atoms. The van der Waals surface area contributed by atoms with Crippen molar-refractivity contribution in [2.75, 3.05) is 44.7 Å². The molecule has 3 aliphatic heterocycles. The number of fused-ring (bicyclic) bond motifs is 1. The molecule has 31 heavy (non-hydrogen) atoms. The fourth-order valence-corrected chi connectivity index (χ4v) is 4.64. The van der Waals surface area contributed by atoms with E-state index in [4.69, 9.17) is 4.74 Å². The number of rotatable bonds is 3. The third-order valence-corrected chi connectivity index (χ3v) is 6.45. The number of nitrogens with one attached hydrogen (secondary N) is 2. The van der Waals surface area contributed by atoms with Crippen LogP contribution >= 0.6 is 0 Å². The number of nitrogens with zero attached hydrogens (tertiary/aromatic N) is 2. The summed E-state index contributed by atoms with van der Waals surface area (Å²) in [6.45, 7) is 8.50. The summed E-state index contributed by atoms with van der Waals surface area (Å²) in [4.78, 5) is 33.1. The van der Waals surface area contributed by atoms with E-state index in [-0.39, 0.29) is 11.8 Å². The van der Waals surface area contributed by atoms with Crippen molar-refractivity contribution in [2.24, 2.45) is 0 Å². The summed E-state index contributed by atoms with van der Waals surface area (Å²) >= 11 is 0. The van der Waals surface area contributed by atoms with E-state index in [0.29, 0.717) is 47.2 Å². The predicted octanol–water partition coefficient (Wildman–Crippen LogP) is 2.42. The Labute approximate surface area is 179 Å². The zero-order valence-electron chi connectivity index (χ0n) is 17.6. The number of aromatic amines is 1. The maximum absolute atomic E-state index is 13.7. The molecule has 1 aromatic heterocycles. The van der Waals surface area contributed by atoms with E-state index in [9.17, 15) is 14.0 Å². The first kappa shape index (κ1) is 20.0. The highest BCUT2D eigenvalue weighted by Gasteiger charge is 2.37. The number of halogens is 1. The van der Waals surface area contributed by atoms with Gasteiger partial charge in [-0.3, -0.25) is 14.5 Å². The van der Waals surface area contributed by atoms with Crippen LogP contribution in [0.4, 0.5) is 10.1 Å². The molecule has 0 atom stereocenters. The third-order valence-electron chi connectivity index (χ3n) is 6.45. The number of benzene rings is 1. The Morgan fingerprint density at radius 1 is 1.23 bits per heavy atom. The number of H-pyrrole nitrogens is 1. The molecular weight excluding hydrogens is 399 g/mol. The number of hydrogen-bond acceptors (Lipinski definition) is 4. The number of anilines is 1. The molecule has 3 aliphatic rings. The fraction of sp³-hybridized carbons (Fsp3) is 0.391. The van der Waals surface area contributed by atoms with Gasteiger partial charge < -0.3 is 19.9 Å². The maximum atomic E-state index is 13.7. The second-order valence-electron chi connectivity index (χ2n) is 8.38. The van der Waals surface area contributed by atoms with Crippen molar-refractivity contribution in [3.05, 3.63) is 52.1 Å². The SMILES string of the molecule is Cc1[nH]c(C=C2C(=O)Nc3ccc(F)cc32)c(C)c1C(=O)N1CC(N2CCOCC2)C1. The summed E-state index contributed by atoms with van der Waals surface area (Å²) in [5.41, 5.74) is 4.39. The van der Waals surface area contributed by atoms with Crippen molar-refractivity contribution in [3.8, 4) is 0 Å². The van der Waals surface area contributed by atoms with Crippen LogP contribution in [0, 0.1) is 19.7 Å². The highest BCUT2D eigenvalue weighted by atomic mass is 19.1. The topological polar surface area (TPSA) is 77.7 Å². The molecule has 0 unspecified atom stereocenters. The number of morpholine rings is 1. The molecule has 4 heterocycles. The molecule has 2 aromatic rings. The van der Waals surface area contributed by atoms with Crippen LogP contribution in [0.15, 0.2) is 18.2 Å². The minimum atomic E-state index is -0.399. The lowest BCUT2D eigenvalue weighted by Crippen LogP contribution is -2.62. The van der Waals surface area contributed by atoms with Gasteiger partial charge >= 0.3 is 0 Å². The van der Waals surface area contributed by atoms with Crippen molar-refractivity contribution in [2.45, 2.75) is 19.9 Å². The number of aryl methyl sites for hydroxylation is 1. The highest BCUT2D eigenvalue weighted by Crippen LogP contribution is 2.34. The Balaban J connectivity index is 1.37. The van der Waals surface area contributed by atoms with Crippen LogP contribution in [0.2, 0.25) is 0 Å². The summed E-state index contributed by atoms with van der Waals surface area (Å²) in [7, 11) is 0. The minimum Gasteiger partial charge on any atom is -0.379 e. The van der Waals surface area contributed by atoms with E-state index in [1.807, 2.05) is 18.7 Å². The van der Waals surface area contributed by atoms with Gasteiger partial charge in [-0.05, 0) is 43.7 Å². The maximum Gasteiger partial charge on any atom is 0.256 e. The Bertz CT molecular complexity index is 1090. The summed E-state index contributed by atoms with van der Waals surface area (Å²) in [6, 6.07) is 4.62. The molecule has 0 aliphatic carbocycles. The molecule has 5 rings (SSSR count). The van der Waals surface area contributed by atoms with E-state index in [1.54, 1.807) is 12.1 Å². The first-order valence-corrected chi connectivity index (χ1v) is 10.6. The Morgan fingerprint density at radius 3 is 2.71 bits per heavy atom. The number of carbonyl (C=O) groups is 2. The first-order chi connectivity index (χ1) is 14.9. The number of likely N-dealkylation sites (tertiary alicyclic amines) is 1. The van der Waals surface area contributed by atoms with Gasteiger partial charge in [-0.1, -0.05) is 0 Å². The number of ether oxygens (including phenoxy) is 1. The number of amides is 2. The highest BCUT2D eigenvalue weighted by molar-refractivity contribution is 6.34. The molecule has 2 N–H and O–H groups in total. The van der Waals surface area contributed by atoms with Crippen LogP contribution < -0.4 is 5.32 Å². The van der Waals surface area contributed by atoms with Crippen LogP contribution in [0.1, 0.15) is 32.9 Å². The van der Waals surface area contributed by atoms with Crippen molar-refractivity contribution in [3.63, 3.8) is 0 Å². The Morgan fingerprint density at radius 2 is 1.97 bits per heavy atom. The van der Waals surface area contributed by atoms with E-state index < -0.39 is 5.82 Å². The second kappa shape index (κ2) is 7.62. The molecule has 162 valence electrons. The van der Waals surface area contributed by atoms with Crippen LogP contribution in [-0.2, 0) is 9.53 Å². The molecule has 7 nitrogen and oxygen atoms in total. The molecule has 2 saturated heterocycles. The first-order valence-electron chi connectivity index (χ1n) is 10.6. The van der Waals surface area contributed by atoms with Gasteiger partial charge in [0.25, 0.3) is 11.8 Å². The molecule has 0 radical (unpaired) electrons. The van der Waals surface area contributed by atoms with E-state index in [2.05, 4.69) is 15.2 Å². The molecule has 0 bridgehead atoms. The normalized spacial score (nSPS) is 20.7. The van der Waals surface area contributed by atoms with Crippen molar-refractivity contribution < 1.29 is 18.7 Å². The zero-order valence-corrected chi connectivity index (χ0v) is 17.6. The summed E-state index contributed by atoms with van der Waals surface area (Å²) in [5.74, 6) is -0.678. The number of carbonyl (C=O) groups excluding carboxylic acids is 2. The van der Waals surface area contributed by atoms with E-state index in [0.717, 1.165) is 37.6 Å². The minimum absolute atomic E-state index is 0.00253. The van der Waals surface area contributed by atoms with Gasteiger partial charge in [-0.25, -0.2) is 4.39 Å². The second-order valence-corrected chi connectivity index (χ2v) is 8.38. The fourth-order valence-electron chi connectivity index (χ4n) is 4.64. The van der Waals surface area contributed by atoms with Gasteiger partial charge in [0, 0.05) is 54.9 Å². The van der Waals surface area contributed by atoms with Gasteiger partial charge in [0.05, 0.1) is 24.4 Å². The van der Waals surface area contributed by atoms with Crippen LogP contribution in [0.3, 0.4) is 0 Å². The van der Waals surface area contributed by atoms with Crippen molar-refractivity contribution in [1.29, 1.82) is 0 Å². The number of aromatic nitrogens is 1. The lowest BCUT2D eigenvalue weighted by Gasteiger charge is -2.46. The summed E-state index contributed by atoms with van der Waals surface area (Å²) in [6.07, 6.45) is 1.70. The lowest BCUT2D eigenvalue weighted by atomic mass is 10.0. The van der Waals surface area contributed by atoms with Crippen LogP contribution in [0.25, 0.3) is 11.6 Å². The van der Waals surface area contributed by atoms with Gasteiger partial charge in [-0.2, -0.15) is 0 Å². The van der Waals surface area contributed by atoms with Crippen LogP contribution in [0.5, 0.6) is 0 Å². The molecule has 2 fully saturated rings. The van der Waals surface area contributed by atoms with Gasteiger partial charge in [0.15, 0.2) is 0 Å². The van der Waals surface area contributed by atoms with Gasteiger partial charge in [-0.15, -0.1) is 0 Å². The quantitative estimate of drug-likeness (QED) is 0.742. The van der Waals surface area contributed by atoms with E-state index >= 15 is 0 Å². The Hall–Kier alpha value is -2.97. The smallest absolute Gasteiger partial charge is 0.256 e. The monoisotopic (exact) mass is 424 g/mol. The molecule has 0 saturated carbocycles. The molecular formula is C23H25FN4O3. The van der Waals surface area contributed by atoms with Crippen molar-refractivity contribution >= 4 is 29.2 Å². The third kappa shape index (κ3) is 3.45. The predicted molar refractivity (Wildman–Crippen MR) is 115 cm³/mol. The van der Waals surface area contributed by atoms with E-state index in [1.165, 1.54) is 12.1 Å². The van der Waals surface area contributed by atoms with Crippen molar-refractivity contribution in [1.82, 2.24) is 14.8 Å². The zero-order chi connectivity index (χ0) is 21.7. The summed E-state index contributed by atoms with van der Waals surface area (Å²) in [5, 5.41) is 2.75. The average Bonchev–Trinajstić information content (AvgIpc) is 3.17. The Kier molecular flexibility index (Phi) is 4.91. The standard InChI is InChI=1S/C23H25FN4O3/c1-13-20(10-18-17-9-15(24)3-4-19(17)26-22(18)29)25-14(2)21(13)23(30)28-11-16(12-28)27-5-7-31-8-6-27/h3-4,9-10,16,25H,5-8,11-12H2,1-2H3,(H,26,29). The lowest BCUT2D eigenvalue weighted by molar-refractivity contribution is -0.110. The number of hydrogen-bond donors (Lipinski definition) is 2. The van der Waals surface area contributed by atoms with Crippen LogP contribution in [-0.4, -0.2) is 72.0 Å². The molecule has 8 heteroatoms.